The molecule has 0 saturated carbocycles. The summed E-state index contributed by atoms with van der Waals surface area (Å²) < 4.78 is 0. The van der Waals surface area contributed by atoms with Crippen molar-refractivity contribution in [3.05, 3.63) is 139 Å². The fraction of sp³-hybridized carbons (Fsp3) is 0.0333. The SMILES string of the molecule is c1ccc(Cc2nccc3ccccc23)cc1.c1ccc2c(c1)ccc1ccccc12. The van der Waals surface area contributed by atoms with Crippen LogP contribution >= 0.6 is 0 Å². The number of rotatable bonds is 2. The number of benzene rings is 5. The van der Waals surface area contributed by atoms with E-state index >= 15 is 0 Å². The lowest BCUT2D eigenvalue weighted by Gasteiger charge is -2.05. The first kappa shape index (κ1) is 19.0. The summed E-state index contributed by atoms with van der Waals surface area (Å²) in [5.41, 5.74) is 2.45. The Morgan fingerprint density at radius 3 is 1.52 bits per heavy atom. The zero-order chi connectivity index (χ0) is 20.9. The molecule has 0 amide bonds. The predicted octanol–water partition coefficient (Wildman–Crippen LogP) is 7.82. The van der Waals surface area contributed by atoms with Crippen LogP contribution in [-0.2, 0) is 6.42 Å². The third-order valence-corrected chi connectivity index (χ3v) is 5.62. The second kappa shape index (κ2) is 8.81. The van der Waals surface area contributed by atoms with Gasteiger partial charge in [0.15, 0.2) is 0 Å². The molecular formula is C30H23N. The van der Waals surface area contributed by atoms with Crippen molar-refractivity contribution >= 4 is 32.3 Å². The van der Waals surface area contributed by atoms with E-state index in [0.29, 0.717) is 0 Å². The topological polar surface area (TPSA) is 12.9 Å². The molecule has 0 radical (unpaired) electrons. The highest BCUT2D eigenvalue weighted by atomic mass is 14.7. The monoisotopic (exact) mass is 397 g/mol. The van der Waals surface area contributed by atoms with Gasteiger partial charge in [-0.05, 0) is 38.6 Å². The highest BCUT2D eigenvalue weighted by Gasteiger charge is 2.02. The molecule has 6 aromatic rings. The van der Waals surface area contributed by atoms with Gasteiger partial charge in [-0.15, -0.1) is 0 Å². The van der Waals surface area contributed by atoms with Crippen molar-refractivity contribution in [3.63, 3.8) is 0 Å². The van der Waals surface area contributed by atoms with Crippen molar-refractivity contribution in [2.45, 2.75) is 6.42 Å². The summed E-state index contributed by atoms with van der Waals surface area (Å²) in [5, 5.41) is 7.81. The Hall–Kier alpha value is -3.97. The van der Waals surface area contributed by atoms with Crippen molar-refractivity contribution in [2.24, 2.45) is 0 Å². The third kappa shape index (κ3) is 4.17. The summed E-state index contributed by atoms with van der Waals surface area (Å²) >= 11 is 0. The molecule has 0 aliphatic heterocycles. The summed E-state index contributed by atoms with van der Waals surface area (Å²) in [6, 6.07) is 42.3. The van der Waals surface area contributed by atoms with Crippen LogP contribution in [0.4, 0.5) is 0 Å². The molecule has 1 heterocycles. The largest absolute Gasteiger partial charge is 0.260 e. The predicted molar refractivity (Wildman–Crippen MR) is 132 cm³/mol. The lowest BCUT2D eigenvalue weighted by Crippen LogP contribution is -1.93. The Morgan fingerprint density at radius 2 is 0.903 bits per heavy atom. The van der Waals surface area contributed by atoms with E-state index in [1.165, 1.54) is 37.9 Å². The highest BCUT2D eigenvalue weighted by molar-refractivity contribution is 6.07. The highest BCUT2D eigenvalue weighted by Crippen LogP contribution is 2.24. The third-order valence-electron chi connectivity index (χ3n) is 5.62. The van der Waals surface area contributed by atoms with Gasteiger partial charge in [0.05, 0.1) is 5.69 Å². The Bertz CT molecular complexity index is 1390. The number of hydrogen-bond acceptors (Lipinski definition) is 1. The molecule has 5 aromatic carbocycles. The van der Waals surface area contributed by atoms with E-state index in [1.54, 1.807) is 0 Å². The first-order valence-corrected chi connectivity index (χ1v) is 10.6. The van der Waals surface area contributed by atoms with E-state index in [4.69, 9.17) is 0 Å². The van der Waals surface area contributed by atoms with Crippen LogP contribution in [0, 0.1) is 0 Å². The molecule has 0 atom stereocenters. The first-order chi connectivity index (χ1) is 15.4. The average Bonchev–Trinajstić information content (AvgIpc) is 2.85. The van der Waals surface area contributed by atoms with E-state index in [9.17, 15) is 0 Å². The number of nitrogens with zero attached hydrogens (tertiary/aromatic N) is 1. The van der Waals surface area contributed by atoms with Gasteiger partial charge in [0.25, 0.3) is 0 Å². The van der Waals surface area contributed by atoms with Crippen LogP contribution in [0.25, 0.3) is 32.3 Å². The summed E-state index contributed by atoms with van der Waals surface area (Å²) in [7, 11) is 0. The Kier molecular flexibility index (Phi) is 5.40. The smallest absolute Gasteiger partial charge is 0.0525 e. The normalized spacial score (nSPS) is 10.7. The molecule has 0 bridgehead atoms. The van der Waals surface area contributed by atoms with Gasteiger partial charge in [-0.1, -0.05) is 115 Å². The molecule has 31 heavy (non-hydrogen) atoms. The van der Waals surface area contributed by atoms with Crippen LogP contribution in [0.2, 0.25) is 0 Å². The van der Waals surface area contributed by atoms with Crippen molar-refractivity contribution in [1.82, 2.24) is 4.98 Å². The van der Waals surface area contributed by atoms with Crippen LogP contribution in [0.5, 0.6) is 0 Å². The van der Waals surface area contributed by atoms with E-state index < -0.39 is 0 Å². The number of pyridine rings is 1. The maximum Gasteiger partial charge on any atom is 0.0525 e. The van der Waals surface area contributed by atoms with Crippen molar-refractivity contribution in [3.8, 4) is 0 Å². The van der Waals surface area contributed by atoms with E-state index in [1.807, 2.05) is 12.3 Å². The van der Waals surface area contributed by atoms with Crippen LogP contribution < -0.4 is 0 Å². The summed E-state index contributed by atoms with van der Waals surface area (Å²) in [6.45, 7) is 0. The van der Waals surface area contributed by atoms with Gasteiger partial charge in [0, 0.05) is 18.0 Å². The maximum atomic E-state index is 4.50. The van der Waals surface area contributed by atoms with Gasteiger partial charge in [0.2, 0.25) is 0 Å². The van der Waals surface area contributed by atoms with Gasteiger partial charge in [-0.2, -0.15) is 0 Å². The fourth-order valence-electron chi connectivity index (χ4n) is 4.07. The molecule has 6 rings (SSSR count). The quantitative estimate of drug-likeness (QED) is 0.271. The van der Waals surface area contributed by atoms with E-state index in [0.717, 1.165) is 12.1 Å². The lowest BCUT2D eigenvalue weighted by molar-refractivity contribution is 1.10. The van der Waals surface area contributed by atoms with Gasteiger partial charge in [0.1, 0.15) is 0 Å². The maximum absolute atomic E-state index is 4.50. The molecule has 0 saturated heterocycles. The minimum Gasteiger partial charge on any atom is -0.260 e. The first-order valence-electron chi connectivity index (χ1n) is 10.6. The second-order valence-corrected chi connectivity index (χ2v) is 7.65. The summed E-state index contributed by atoms with van der Waals surface area (Å²) in [5.74, 6) is 0. The van der Waals surface area contributed by atoms with Crippen LogP contribution in [0.15, 0.2) is 128 Å². The Labute approximate surface area is 182 Å². The zero-order valence-corrected chi connectivity index (χ0v) is 17.3. The molecular weight excluding hydrogens is 374 g/mol. The van der Waals surface area contributed by atoms with Gasteiger partial charge >= 0.3 is 0 Å². The average molecular weight is 398 g/mol. The molecule has 1 aromatic heterocycles. The van der Waals surface area contributed by atoms with E-state index in [2.05, 4.69) is 120 Å². The Balaban J connectivity index is 0.000000134. The Morgan fingerprint density at radius 1 is 0.419 bits per heavy atom. The number of hydrogen-bond donors (Lipinski definition) is 0. The fourth-order valence-corrected chi connectivity index (χ4v) is 4.07. The molecule has 148 valence electrons. The van der Waals surface area contributed by atoms with E-state index in [-0.39, 0.29) is 0 Å². The zero-order valence-electron chi connectivity index (χ0n) is 17.3. The lowest BCUT2D eigenvalue weighted by atomic mass is 10.0. The molecule has 0 fully saturated rings. The minimum atomic E-state index is 0.891. The van der Waals surface area contributed by atoms with Crippen molar-refractivity contribution in [2.75, 3.05) is 0 Å². The van der Waals surface area contributed by atoms with Crippen LogP contribution in [-0.4, -0.2) is 4.98 Å². The van der Waals surface area contributed by atoms with Gasteiger partial charge in [-0.3, -0.25) is 4.98 Å². The molecule has 0 aliphatic rings. The number of aromatic nitrogens is 1. The molecule has 0 aliphatic carbocycles. The number of fused-ring (bicyclic) bond motifs is 4. The standard InChI is InChI=1S/C16H13N.C14H10/c1-2-6-13(7-3-1)12-16-15-9-5-4-8-14(15)10-11-17-16;1-3-7-13-11(5-1)9-10-12-6-2-4-8-14(12)13/h1-11H,12H2;1-10H. The molecule has 0 N–H and O–H groups in total. The minimum absolute atomic E-state index is 0.891. The van der Waals surface area contributed by atoms with Crippen LogP contribution in [0.1, 0.15) is 11.3 Å². The molecule has 0 spiro atoms. The molecule has 0 unspecified atom stereocenters. The van der Waals surface area contributed by atoms with Crippen LogP contribution in [0.3, 0.4) is 0 Å². The van der Waals surface area contributed by atoms with Crippen molar-refractivity contribution in [1.29, 1.82) is 0 Å². The summed E-state index contributed by atoms with van der Waals surface area (Å²) in [6.07, 6.45) is 2.78. The van der Waals surface area contributed by atoms with Gasteiger partial charge in [-0.25, -0.2) is 0 Å². The van der Waals surface area contributed by atoms with Crippen molar-refractivity contribution < 1.29 is 0 Å². The molecule has 1 nitrogen and oxygen atoms in total. The summed E-state index contributed by atoms with van der Waals surface area (Å²) in [4.78, 5) is 4.50. The molecule has 1 heteroatoms. The second-order valence-electron chi connectivity index (χ2n) is 7.65. The van der Waals surface area contributed by atoms with Gasteiger partial charge < -0.3 is 0 Å².